The number of rotatable bonds is 69. The van der Waals surface area contributed by atoms with Crippen LogP contribution in [0.4, 0.5) is 0 Å². The van der Waals surface area contributed by atoms with Crippen molar-refractivity contribution in [3.8, 4) is 0 Å². The Morgan fingerprint density at radius 2 is 0.686 bits per heavy atom. The van der Waals surface area contributed by atoms with Crippen LogP contribution in [0.1, 0.15) is 406 Å². The largest absolute Gasteiger partial charge is 0.394 e. The van der Waals surface area contributed by atoms with E-state index in [1.807, 2.05) is 0 Å². The Balaban J connectivity index is 2.03. The van der Waals surface area contributed by atoms with E-state index in [0.29, 0.717) is 12.8 Å². The SMILES string of the molecule is CCCCCCC/C=C\C/C=C\CCCCCCCCCCCCCCCCCCCCCCCCCCCCCC(=O)NC(COC1OC(CO)C(O)C(O)C1O)C(O)CCCCCCCCCCCCCCCCCCCCCCCCCC. The second-order valence-electron chi connectivity index (χ2n) is 27.2. The number of aliphatic hydroxyl groups is 5. The molecule has 0 radical (unpaired) electrons. The van der Waals surface area contributed by atoms with E-state index in [1.165, 1.54) is 334 Å². The van der Waals surface area contributed by atoms with Crippen LogP contribution in [0, 0.1) is 0 Å². The molecule has 9 heteroatoms. The lowest BCUT2D eigenvalue weighted by atomic mass is 9.99. The van der Waals surface area contributed by atoms with Crippen molar-refractivity contribution in [3.63, 3.8) is 0 Å². The van der Waals surface area contributed by atoms with Crippen molar-refractivity contribution in [3.05, 3.63) is 24.3 Å². The summed E-state index contributed by atoms with van der Waals surface area (Å²) >= 11 is 0. The average molecular weight is 1220 g/mol. The van der Waals surface area contributed by atoms with Gasteiger partial charge in [0.1, 0.15) is 24.4 Å². The van der Waals surface area contributed by atoms with Crippen LogP contribution in [0.25, 0.3) is 0 Å². The summed E-state index contributed by atoms with van der Waals surface area (Å²) in [6.07, 6.45) is 81.4. The minimum Gasteiger partial charge on any atom is -0.394 e. The highest BCUT2D eigenvalue weighted by Gasteiger charge is 2.44. The van der Waals surface area contributed by atoms with Gasteiger partial charge in [-0.25, -0.2) is 0 Å². The number of amides is 1. The number of allylic oxidation sites excluding steroid dienone is 4. The summed E-state index contributed by atoms with van der Waals surface area (Å²) in [5.74, 6) is -0.134. The predicted molar refractivity (Wildman–Crippen MR) is 369 cm³/mol. The molecule has 1 fully saturated rings. The smallest absolute Gasteiger partial charge is 0.220 e. The Kier molecular flexibility index (Phi) is 64.0. The van der Waals surface area contributed by atoms with E-state index in [2.05, 4.69) is 43.5 Å². The second-order valence-corrected chi connectivity index (χ2v) is 27.2. The summed E-state index contributed by atoms with van der Waals surface area (Å²) in [7, 11) is 0. The zero-order chi connectivity index (χ0) is 62.1. The van der Waals surface area contributed by atoms with Crippen LogP contribution >= 0.6 is 0 Å². The molecule has 0 aromatic heterocycles. The number of ether oxygens (including phenoxy) is 2. The van der Waals surface area contributed by atoms with Gasteiger partial charge in [0.15, 0.2) is 6.29 Å². The maximum Gasteiger partial charge on any atom is 0.220 e. The molecule has 1 aliphatic heterocycles. The number of carbonyl (C=O) groups excluding carboxylic acids is 1. The van der Waals surface area contributed by atoms with Crippen LogP contribution in [0.2, 0.25) is 0 Å². The molecule has 0 aliphatic carbocycles. The Bertz CT molecular complexity index is 1410. The Hall–Kier alpha value is -1.33. The van der Waals surface area contributed by atoms with Gasteiger partial charge in [-0.15, -0.1) is 0 Å². The van der Waals surface area contributed by atoms with Crippen molar-refractivity contribution in [2.75, 3.05) is 13.2 Å². The standard InChI is InChI=1S/C77H149NO8/c1-3-5-7-9-11-13-15-17-19-21-23-25-27-29-30-31-32-33-34-35-36-37-38-39-40-41-42-43-45-47-49-51-53-55-57-59-61-63-65-67-73(81)78-70(69-85-77-76(84)75(83)74(82)72(68-79)86-77)71(80)66-64-62-60-58-56-54-52-50-48-46-44-28-26-24-22-20-18-16-14-12-10-8-6-4-2/h15,17,21,23,70-72,74-77,79-80,82-84H,3-14,16,18-20,22,24-69H2,1-2H3,(H,78,81)/b17-15-,23-21-. The summed E-state index contributed by atoms with van der Waals surface area (Å²) in [6, 6.07) is -0.717. The molecule has 86 heavy (non-hydrogen) atoms. The molecule has 1 saturated heterocycles. The van der Waals surface area contributed by atoms with E-state index in [0.717, 1.165) is 44.9 Å². The third-order valence-corrected chi connectivity index (χ3v) is 18.8. The molecule has 1 heterocycles. The molecule has 1 rings (SSSR count). The quantitative estimate of drug-likeness (QED) is 0.0261. The summed E-state index contributed by atoms with van der Waals surface area (Å²) in [5.41, 5.74) is 0. The molecule has 0 aromatic carbocycles. The predicted octanol–water partition coefficient (Wildman–Crippen LogP) is 21.6. The van der Waals surface area contributed by atoms with Crippen LogP contribution in [-0.2, 0) is 14.3 Å². The van der Waals surface area contributed by atoms with E-state index >= 15 is 0 Å². The molecule has 1 amide bonds. The van der Waals surface area contributed by atoms with E-state index in [1.54, 1.807) is 0 Å². The Morgan fingerprint density at radius 3 is 1.00 bits per heavy atom. The first-order valence-electron chi connectivity index (χ1n) is 38.5. The molecule has 7 atom stereocenters. The van der Waals surface area contributed by atoms with Crippen LogP contribution < -0.4 is 5.32 Å². The number of hydrogen-bond acceptors (Lipinski definition) is 8. The lowest BCUT2D eigenvalue weighted by Crippen LogP contribution is -2.60. The number of hydrogen-bond donors (Lipinski definition) is 6. The second kappa shape index (κ2) is 66.6. The minimum absolute atomic E-state index is 0.132. The molecule has 0 bridgehead atoms. The fourth-order valence-corrected chi connectivity index (χ4v) is 12.8. The van der Waals surface area contributed by atoms with Gasteiger partial charge in [0.25, 0.3) is 0 Å². The summed E-state index contributed by atoms with van der Waals surface area (Å²) < 4.78 is 11.4. The van der Waals surface area contributed by atoms with E-state index in [9.17, 15) is 30.3 Å². The van der Waals surface area contributed by atoms with E-state index in [4.69, 9.17) is 9.47 Å². The zero-order valence-corrected chi connectivity index (χ0v) is 57.4. The number of aliphatic hydroxyl groups excluding tert-OH is 5. The third kappa shape index (κ3) is 54.4. The van der Waals surface area contributed by atoms with Crippen molar-refractivity contribution in [1.82, 2.24) is 5.32 Å². The summed E-state index contributed by atoms with van der Waals surface area (Å²) in [4.78, 5) is 13.2. The van der Waals surface area contributed by atoms with Crippen LogP contribution in [-0.4, -0.2) is 87.5 Å². The molecular weight excluding hydrogens is 1070 g/mol. The van der Waals surface area contributed by atoms with Crippen molar-refractivity contribution in [2.24, 2.45) is 0 Å². The topological polar surface area (TPSA) is 149 Å². The fraction of sp³-hybridized carbons (Fsp3) is 0.935. The minimum atomic E-state index is -1.55. The molecule has 7 unspecified atom stereocenters. The number of unbranched alkanes of at least 4 members (excludes halogenated alkanes) is 55. The maximum absolute atomic E-state index is 13.2. The summed E-state index contributed by atoms with van der Waals surface area (Å²) in [6.45, 7) is 3.89. The van der Waals surface area contributed by atoms with Crippen molar-refractivity contribution >= 4 is 5.91 Å². The highest BCUT2D eigenvalue weighted by Crippen LogP contribution is 2.24. The van der Waals surface area contributed by atoms with Crippen LogP contribution in [0.15, 0.2) is 24.3 Å². The first-order valence-corrected chi connectivity index (χ1v) is 38.5. The van der Waals surface area contributed by atoms with Gasteiger partial charge >= 0.3 is 0 Å². The molecule has 9 nitrogen and oxygen atoms in total. The van der Waals surface area contributed by atoms with Crippen molar-refractivity contribution in [2.45, 2.75) is 448 Å². The van der Waals surface area contributed by atoms with Crippen LogP contribution in [0.3, 0.4) is 0 Å². The summed E-state index contributed by atoms with van der Waals surface area (Å²) in [5, 5.41) is 55.0. The van der Waals surface area contributed by atoms with E-state index < -0.39 is 49.5 Å². The molecule has 0 aromatic rings. The molecule has 0 saturated carbocycles. The fourth-order valence-electron chi connectivity index (χ4n) is 12.8. The maximum atomic E-state index is 13.2. The van der Waals surface area contributed by atoms with Gasteiger partial charge in [-0.3, -0.25) is 4.79 Å². The molecular formula is C77H149NO8. The van der Waals surface area contributed by atoms with Crippen LogP contribution in [0.5, 0.6) is 0 Å². The first-order chi connectivity index (χ1) is 42.3. The van der Waals surface area contributed by atoms with Gasteiger partial charge in [-0.05, 0) is 44.9 Å². The first kappa shape index (κ1) is 82.7. The third-order valence-electron chi connectivity index (χ3n) is 18.8. The Morgan fingerprint density at radius 1 is 0.395 bits per heavy atom. The zero-order valence-electron chi connectivity index (χ0n) is 57.4. The van der Waals surface area contributed by atoms with Gasteiger partial charge in [-0.2, -0.15) is 0 Å². The lowest BCUT2D eigenvalue weighted by molar-refractivity contribution is -0.302. The highest BCUT2D eigenvalue weighted by molar-refractivity contribution is 5.76. The molecule has 0 spiro atoms. The number of carbonyl (C=O) groups is 1. The monoisotopic (exact) mass is 1220 g/mol. The normalized spacial score (nSPS) is 18.1. The van der Waals surface area contributed by atoms with Gasteiger partial charge in [0.2, 0.25) is 5.91 Å². The van der Waals surface area contributed by atoms with E-state index in [-0.39, 0.29) is 12.5 Å². The lowest BCUT2D eigenvalue weighted by Gasteiger charge is -2.40. The molecule has 6 N–H and O–H groups in total. The molecule has 1 aliphatic rings. The Labute approximate surface area is 534 Å². The van der Waals surface area contributed by atoms with Gasteiger partial charge in [0.05, 0.1) is 25.4 Å². The van der Waals surface area contributed by atoms with Crippen molar-refractivity contribution < 1.29 is 39.8 Å². The van der Waals surface area contributed by atoms with Gasteiger partial charge in [0, 0.05) is 6.42 Å². The van der Waals surface area contributed by atoms with Gasteiger partial charge in [-0.1, -0.05) is 378 Å². The number of nitrogens with one attached hydrogen (secondary N) is 1. The van der Waals surface area contributed by atoms with Gasteiger partial charge < -0.3 is 40.3 Å². The average Bonchev–Trinajstić information content (AvgIpc) is 3.55. The molecule has 510 valence electrons. The van der Waals surface area contributed by atoms with Crippen molar-refractivity contribution in [1.29, 1.82) is 0 Å². The highest BCUT2D eigenvalue weighted by atomic mass is 16.7.